The van der Waals surface area contributed by atoms with Crippen LogP contribution in [0.15, 0.2) is 52.3 Å². The highest BCUT2D eigenvalue weighted by Crippen LogP contribution is 2.48. The lowest BCUT2D eigenvalue weighted by Gasteiger charge is -2.31. The number of amides is 1. The fourth-order valence-electron chi connectivity index (χ4n) is 3.68. The van der Waals surface area contributed by atoms with E-state index in [-0.39, 0.29) is 11.7 Å². The van der Waals surface area contributed by atoms with E-state index >= 15 is 0 Å². The van der Waals surface area contributed by atoms with Gasteiger partial charge in [0.25, 0.3) is 0 Å². The first-order chi connectivity index (χ1) is 12.6. The lowest BCUT2D eigenvalue weighted by Crippen LogP contribution is -2.34. The van der Waals surface area contributed by atoms with E-state index in [4.69, 9.17) is 0 Å². The monoisotopic (exact) mass is 366 g/mol. The SMILES string of the molecule is CC(=O)N1c2ccccc2Sc2ccc(C(=O)CN3CCCCC3)cc21. The van der Waals surface area contributed by atoms with Crippen molar-refractivity contribution < 1.29 is 9.59 Å². The van der Waals surface area contributed by atoms with Crippen LogP contribution in [0.1, 0.15) is 36.5 Å². The van der Waals surface area contributed by atoms with Crippen LogP contribution in [0.4, 0.5) is 11.4 Å². The van der Waals surface area contributed by atoms with Gasteiger partial charge in [0, 0.05) is 22.3 Å². The van der Waals surface area contributed by atoms with E-state index in [1.807, 2.05) is 42.5 Å². The van der Waals surface area contributed by atoms with Gasteiger partial charge >= 0.3 is 0 Å². The average Bonchev–Trinajstić information content (AvgIpc) is 2.66. The van der Waals surface area contributed by atoms with Gasteiger partial charge < -0.3 is 0 Å². The van der Waals surface area contributed by atoms with Crippen LogP contribution in [-0.2, 0) is 4.79 Å². The number of nitrogens with zero attached hydrogens (tertiary/aromatic N) is 2. The van der Waals surface area contributed by atoms with Crippen molar-refractivity contribution in [2.24, 2.45) is 0 Å². The summed E-state index contributed by atoms with van der Waals surface area (Å²) in [5.74, 6) is 0.0849. The van der Waals surface area contributed by atoms with Crippen LogP contribution in [0.3, 0.4) is 0 Å². The number of benzene rings is 2. The number of likely N-dealkylation sites (tertiary alicyclic amines) is 1. The van der Waals surface area contributed by atoms with Crippen LogP contribution in [0.5, 0.6) is 0 Å². The summed E-state index contributed by atoms with van der Waals surface area (Å²) < 4.78 is 0. The number of carbonyl (C=O) groups excluding carboxylic acids is 2. The number of para-hydroxylation sites is 1. The molecule has 134 valence electrons. The second kappa shape index (κ2) is 7.25. The summed E-state index contributed by atoms with van der Waals surface area (Å²) in [6, 6.07) is 13.6. The Kier molecular flexibility index (Phi) is 4.83. The molecule has 0 aromatic heterocycles. The molecule has 0 aliphatic carbocycles. The van der Waals surface area contributed by atoms with Crippen molar-refractivity contribution >= 4 is 34.8 Å². The normalized spacial score (nSPS) is 16.7. The van der Waals surface area contributed by atoms with E-state index in [9.17, 15) is 9.59 Å². The molecular weight excluding hydrogens is 344 g/mol. The molecule has 26 heavy (non-hydrogen) atoms. The summed E-state index contributed by atoms with van der Waals surface area (Å²) in [5, 5.41) is 0. The Bertz CT molecular complexity index is 859. The smallest absolute Gasteiger partial charge is 0.228 e. The Morgan fingerprint density at radius 3 is 2.46 bits per heavy atom. The molecule has 1 amide bonds. The molecule has 2 aromatic carbocycles. The molecule has 0 bridgehead atoms. The van der Waals surface area contributed by atoms with Crippen molar-refractivity contribution in [2.75, 3.05) is 24.5 Å². The van der Waals surface area contributed by atoms with Crippen LogP contribution in [-0.4, -0.2) is 36.2 Å². The lowest BCUT2D eigenvalue weighted by molar-refractivity contribution is -0.115. The third kappa shape index (κ3) is 3.29. The summed E-state index contributed by atoms with van der Waals surface area (Å²) in [7, 11) is 0. The first-order valence-corrected chi connectivity index (χ1v) is 9.92. The minimum atomic E-state index is -0.0420. The molecule has 0 spiro atoms. The lowest BCUT2D eigenvalue weighted by atomic mass is 10.1. The number of fused-ring (bicyclic) bond motifs is 2. The molecule has 1 saturated heterocycles. The van der Waals surface area contributed by atoms with Crippen molar-refractivity contribution in [3.8, 4) is 0 Å². The van der Waals surface area contributed by atoms with E-state index in [1.165, 1.54) is 19.3 Å². The zero-order chi connectivity index (χ0) is 18.1. The Morgan fingerprint density at radius 2 is 1.69 bits per heavy atom. The van der Waals surface area contributed by atoms with E-state index in [0.29, 0.717) is 12.1 Å². The molecule has 2 heterocycles. The van der Waals surface area contributed by atoms with Crippen molar-refractivity contribution in [1.82, 2.24) is 4.90 Å². The molecule has 0 radical (unpaired) electrons. The summed E-state index contributed by atoms with van der Waals surface area (Å²) in [6.07, 6.45) is 3.60. The predicted molar refractivity (Wildman–Crippen MR) is 104 cm³/mol. The molecule has 4 rings (SSSR count). The highest BCUT2D eigenvalue weighted by atomic mass is 32.2. The number of Topliss-reactive ketones (excluding diaryl/α,β-unsaturated/α-hetero) is 1. The van der Waals surface area contributed by atoms with E-state index < -0.39 is 0 Å². The minimum Gasteiger partial charge on any atom is -0.296 e. The van der Waals surface area contributed by atoms with Crippen molar-refractivity contribution in [3.63, 3.8) is 0 Å². The highest BCUT2D eigenvalue weighted by Gasteiger charge is 2.27. The summed E-state index contributed by atoms with van der Waals surface area (Å²) in [5.41, 5.74) is 2.38. The quantitative estimate of drug-likeness (QED) is 0.750. The van der Waals surface area contributed by atoms with E-state index in [1.54, 1.807) is 23.6 Å². The molecule has 0 saturated carbocycles. The van der Waals surface area contributed by atoms with Crippen LogP contribution >= 0.6 is 11.8 Å². The van der Waals surface area contributed by atoms with Crippen molar-refractivity contribution in [1.29, 1.82) is 0 Å². The van der Waals surface area contributed by atoms with Gasteiger partial charge in [0.15, 0.2) is 5.78 Å². The molecule has 1 fully saturated rings. The van der Waals surface area contributed by atoms with Crippen LogP contribution in [0, 0.1) is 0 Å². The zero-order valence-corrected chi connectivity index (χ0v) is 15.7. The summed E-state index contributed by atoms with van der Waals surface area (Å²) in [4.78, 5) is 31.1. The van der Waals surface area contributed by atoms with Gasteiger partial charge in [-0.3, -0.25) is 19.4 Å². The average molecular weight is 366 g/mol. The van der Waals surface area contributed by atoms with Crippen LogP contribution in [0.2, 0.25) is 0 Å². The Hall–Kier alpha value is -2.11. The number of ketones is 1. The third-order valence-corrected chi connectivity index (χ3v) is 6.11. The van der Waals surface area contributed by atoms with Gasteiger partial charge in [-0.05, 0) is 50.2 Å². The second-order valence-corrected chi connectivity index (χ2v) is 7.95. The fourth-order valence-corrected chi connectivity index (χ4v) is 4.72. The second-order valence-electron chi connectivity index (χ2n) is 6.87. The maximum Gasteiger partial charge on any atom is 0.228 e. The van der Waals surface area contributed by atoms with Gasteiger partial charge in [-0.15, -0.1) is 0 Å². The molecule has 2 aliphatic rings. The van der Waals surface area contributed by atoms with Gasteiger partial charge in [0.1, 0.15) is 0 Å². The summed E-state index contributed by atoms with van der Waals surface area (Å²) in [6.45, 7) is 4.03. The number of carbonyl (C=O) groups is 2. The number of piperidine rings is 1. The van der Waals surface area contributed by atoms with Gasteiger partial charge in [0.2, 0.25) is 5.91 Å². The van der Waals surface area contributed by atoms with Gasteiger partial charge in [-0.25, -0.2) is 0 Å². The van der Waals surface area contributed by atoms with Crippen molar-refractivity contribution in [3.05, 3.63) is 48.0 Å². The summed E-state index contributed by atoms with van der Waals surface area (Å²) >= 11 is 1.64. The van der Waals surface area contributed by atoms with Crippen LogP contribution < -0.4 is 4.90 Å². The van der Waals surface area contributed by atoms with Gasteiger partial charge in [0.05, 0.1) is 17.9 Å². The van der Waals surface area contributed by atoms with Gasteiger partial charge in [-0.1, -0.05) is 36.4 Å². The molecular formula is C21H22N2O2S. The highest BCUT2D eigenvalue weighted by molar-refractivity contribution is 7.99. The van der Waals surface area contributed by atoms with Gasteiger partial charge in [-0.2, -0.15) is 0 Å². The zero-order valence-electron chi connectivity index (χ0n) is 14.9. The first kappa shape index (κ1) is 17.3. The Balaban J connectivity index is 1.65. The maximum atomic E-state index is 12.8. The third-order valence-electron chi connectivity index (χ3n) is 4.98. The molecule has 0 unspecified atom stereocenters. The molecule has 0 N–H and O–H groups in total. The van der Waals surface area contributed by atoms with Crippen LogP contribution in [0.25, 0.3) is 0 Å². The van der Waals surface area contributed by atoms with E-state index in [0.717, 1.165) is 34.3 Å². The number of hydrogen-bond donors (Lipinski definition) is 0. The molecule has 4 nitrogen and oxygen atoms in total. The Labute approximate surface area is 158 Å². The van der Waals surface area contributed by atoms with Crippen molar-refractivity contribution in [2.45, 2.75) is 36.0 Å². The largest absolute Gasteiger partial charge is 0.296 e. The minimum absolute atomic E-state index is 0.0420. The topological polar surface area (TPSA) is 40.6 Å². The standard InChI is InChI=1S/C21H22N2O2S/c1-15(24)23-17-7-3-4-8-20(17)26-21-10-9-16(13-18(21)23)19(25)14-22-11-5-2-6-12-22/h3-4,7-10,13H,2,5-6,11-12,14H2,1H3. The first-order valence-electron chi connectivity index (χ1n) is 9.10. The number of rotatable bonds is 3. The van der Waals surface area contributed by atoms with E-state index in [2.05, 4.69) is 4.90 Å². The number of hydrogen-bond acceptors (Lipinski definition) is 4. The predicted octanol–water partition coefficient (Wildman–Crippen LogP) is 4.50. The molecule has 2 aliphatic heterocycles. The Morgan fingerprint density at radius 1 is 0.962 bits per heavy atom. The molecule has 5 heteroatoms. The maximum absolute atomic E-state index is 12.8. The molecule has 2 aromatic rings. The molecule has 0 atom stereocenters. The number of anilines is 2. The fraction of sp³-hybridized carbons (Fsp3) is 0.333.